The summed E-state index contributed by atoms with van der Waals surface area (Å²) in [4.78, 5) is 13.5. The van der Waals surface area contributed by atoms with E-state index in [0.717, 1.165) is 25.9 Å². The molecule has 1 rings (SSSR count). The summed E-state index contributed by atoms with van der Waals surface area (Å²) in [7, 11) is 1.46. The Balaban J connectivity index is 2.52. The first-order valence-corrected chi connectivity index (χ1v) is 4.61. The average Bonchev–Trinajstić information content (AvgIpc) is 2.16. The minimum Gasteiger partial charge on any atom is -0.468 e. The van der Waals surface area contributed by atoms with Crippen LogP contribution in [0.4, 0.5) is 0 Å². The van der Waals surface area contributed by atoms with E-state index in [9.17, 15) is 4.79 Å². The number of ether oxygens (including phenoxy) is 1. The third-order valence-corrected chi connectivity index (χ3v) is 2.49. The number of rotatable bonds is 2. The van der Waals surface area contributed by atoms with Crippen LogP contribution in [0.1, 0.15) is 26.2 Å². The molecule has 0 unspecified atom stereocenters. The molecular weight excluding hydrogens is 154 g/mol. The number of nitrogens with zero attached hydrogens (tertiary/aromatic N) is 1. The molecule has 0 bridgehead atoms. The van der Waals surface area contributed by atoms with Crippen molar-refractivity contribution in [1.82, 2.24) is 4.90 Å². The van der Waals surface area contributed by atoms with Crippen molar-refractivity contribution in [1.29, 1.82) is 0 Å². The second-order valence-corrected chi connectivity index (χ2v) is 3.16. The second kappa shape index (κ2) is 4.45. The number of likely N-dealkylation sites (tertiary alicyclic amines) is 1. The van der Waals surface area contributed by atoms with Crippen molar-refractivity contribution < 1.29 is 9.53 Å². The van der Waals surface area contributed by atoms with Crippen molar-refractivity contribution in [3.63, 3.8) is 0 Å². The van der Waals surface area contributed by atoms with Crippen LogP contribution in [0.2, 0.25) is 0 Å². The first kappa shape index (κ1) is 9.52. The van der Waals surface area contributed by atoms with E-state index in [1.54, 1.807) is 0 Å². The fourth-order valence-corrected chi connectivity index (χ4v) is 1.77. The first-order valence-electron chi connectivity index (χ1n) is 4.61. The fourth-order valence-electron chi connectivity index (χ4n) is 1.77. The second-order valence-electron chi connectivity index (χ2n) is 3.16. The van der Waals surface area contributed by atoms with E-state index in [2.05, 4.69) is 11.8 Å². The van der Waals surface area contributed by atoms with Crippen LogP contribution in [0.5, 0.6) is 0 Å². The number of hydrogen-bond acceptors (Lipinski definition) is 3. The molecule has 1 heterocycles. The molecule has 12 heavy (non-hydrogen) atoms. The monoisotopic (exact) mass is 171 g/mol. The fraction of sp³-hybridized carbons (Fsp3) is 0.889. The molecule has 0 aromatic rings. The molecule has 0 N–H and O–H groups in total. The standard InChI is InChI=1S/C9H17NO2/c1-3-10-7-5-4-6-8(10)9(11)12-2/h8H,3-7H2,1-2H3/t8-/m0/s1. The van der Waals surface area contributed by atoms with E-state index >= 15 is 0 Å². The molecule has 0 amide bonds. The minimum atomic E-state index is -0.0726. The summed E-state index contributed by atoms with van der Waals surface area (Å²) in [6, 6.07) is 0.0220. The van der Waals surface area contributed by atoms with Crippen LogP contribution in [0.15, 0.2) is 0 Å². The summed E-state index contributed by atoms with van der Waals surface area (Å²) in [5.41, 5.74) is 0. The lowest BCUT2D eigenvalue weighted by molar-refractivity contribution is -0.148. The van der Waals surface area contributed by atoms with Gasteiger partial charge in [0.1, 0.15) is 6.04 Å². The lowest BCUT2D eigenvalue weighted by Gasteiger charge is -2.32. The Morgan fingerprint density at radius 2 is 2.33 bits per heavy atom. The van der Waals surface area contributed by atoms with Crippen molar-refractivity contribution in [3.8, 4) is 0 Å². The highest BCUT2D eigenvalue weighted by atomic mass is 16.5. The Labute approximate surface area is 73.7 Å². The number of hydrogen-bond donors (Lipinski definition) is 0. The van der Waals surface area contributed by atoms with Crippen molar-refractivity contribution in [2.45, 2.75) is 32.2 Å². The SMILES string of the molecule is CCN1CCCC[C@H]1C(=O)OC. The van der Waals surface area contributed by atoms with Gasteiger partial charge in [0.15, 0.2) is 0 Å². The molecule has 0 spiro atoms. The Morgan fingerprint density at radius 3 is 2.92 bits per heavy atom. The van der Waals surface area contributed by atoms with Crippen LogP contribution in [-0.2, 0) is 9.53 Å². The lowest BCUT2D eigenvalue weighted by atomic mass is 10.0. The molecule has 1 aliphatic rings. The van der Waals surface area contributed by atoms with E-state index in [1.807, 2.05) is 0 Å². The summed E-state index contributed by atoms with van der Waals surface area (Å²) in [5.74, 6) is -0.0726. The van der Waals surface area contributed by atoms with Gasteiger partial charge in [0, 0.05) is 0 Å². The summed E-state index contributed by atoms with van der Waals surface area (Å²) >= 11 is 0. The quantitative estimate of drug-likeness (QED) is 0.581. The molecule has 3 heteroatoms. The van der Waals surface area contributed by atoms with Crippen LogP contribution in [-0.4, -0.2) is 37.1 Å². The third kappa shape index (κ3) is 1.97. The highest BCUT2D eigenvalue weighted by Crippen LogP contribution is 2.17. The molecule has 1 saturated heterocycles. The van der Waals surface area contributed by atoms with Gasteiger partial charge in [-0.25, -0.2) is 0 Å². The molecule has 1 fully saturated rings. The smallest absolute Gasteiger partial charge is 0.323 e. The van der Waals surface area contributed by atoms with E-state index in [1.165, 1.54) is 13.5 Å². The van der Waals surface area contributed by atoms with Crippen LogP contribution < -0.4 is 0 Å². The van der Waals surface area contributed by atoms with Crippen LogP contribution in [0.3, 0.4) is 0 Å². The molecule has 0 radical (unpaired) electrons. The van der Waals surface area contributed by atoms with Gasteiger partial charge in [0.25, 0.3) is 0 Å². The van der Waals surface area contributed by atoms with Gasteiger partial charge in [-0.1, -0.05) is 13.3 Å². The summed E-state index contributed by atoms with van der Waals surface area (Å²) < 4.78 is 4.74. The number of carbonyl (C=O) groups is 1. The molecule has 3 nitrogen and oxygen atoms in total. The number of carbonyl (C=O) groups excluding carboxylic acids is 1. The number of methoxy groups -OCH3 is 1. The van der Waals surface area contributed by atoms with Gasteiger partial charge < -0.3 is 4.74 Å². The Morgan fingerprint density at radius 1 is 1.58 bits per heavy atom. The van der Waals surface area contributed by atoms with Gasteiger partial charge in [-0.3, -0.25) is 9.69 Å². The zero-order valence-corrected chi connectivity index (χ0v) is 7.88. The predicted octanol–water partition coefficient (Wildman–Crippen LogP) is 1.03. The Kier molecular flexibility index (Phi) is 3.53. The highest BCUT2D eigenvalue weighted by molar-refractivity contribution is 5.75. The zero-order valence-electron chi connectivity index (χ0n) is 7.88. The van der Waals surface area contributed by atoms with Crippen LogP contribution in [0, 0.1) is 0 Å². The summed E-state index contributed by atoms with van der Waals surface area (Å²) in [6.07, 6.45) is 3.32. The Bertz CT molecular complexity index is 159. The van der Waals surface area contributed by atoms with Crippen molar-refractivity contribution in [3.05, 3.63) is 0 Å². The van der Waals surface area contributed by atoms with E-state index in [4.69, 9.17) is 4.74 Å². The van der Waals surface area contributed by atoms with Crippen LogP contribution in [0.25, 0.3) is 0 Å². The van der Waals surface area contributed by atoms with Gasteiger partial charge in [0.05, 0.1) is 7.11 Å². The van der Waals surface area contributed by atoms with E-state index < -0.39 is 0 Å². The average molecular weight is 171 g/mol. The van der Waals surface area contributed by atoms with Crippen molar-refractivity contribution in [2.75, 3.05) is 20.2 Å². The normalized spacial score (nSPS) is 25.3. The van der Waals surface area contributed by atoms with Gasteiger partial charge in [-0.2, -0.15) is 0 Å². The molecular formula is C9H17NO2. The Hall–Kier alpha value is -0.570. The molecule has 0 aromatic carbocycles. The number of piperidine rings is 1. The molecule has 1 atom stereocenters. The number of esters is 1. The first-order chi connectivity index (χ1) is 5.79. The predicted molar refractivity (Wildman–Crippen MR) is 46.9 cm³/mol. The van der Waals surface area contributed by atoms with Crippen molar-refractivity contribution >= 4 is 5.97 Å². The molecule has 1 aliphatic heterocycles. The zero-order chi connectivity index (χ0) is 8.97. The highest BCUT2D eigenvalue weighted by Gasteiger charge is 2.27. The lowest BCUT2D eigenvalue weighted by Crippen LogP contribution is -2.44. The van der Waals surface area contributed by atoms with E-state index in [-0.39, 0.29) is 12.0 Å². The van der Waals surface area contributed by atoms with Gasteiger partial charge in [-0.05, 0) is 25.9 Å². The minimum absolute atomic E-state index is 0.0220. The molecule has 0 aliphatic carbocycles. The summed E-state index contributed by atoms with van der Waals surface area (Å²) in [5, 5.41) is 0. The maximum Gasteiger partial charge on any atom is 0.323 e. The van der Waals surface area contributed by atoms with Gasteiger partial charge in [0.2, 0.25) is 0 Å². The molecule has 0 saturated carbocycles. The number of likely N-dealkylation sites (N-methyl/N-ethyl adjacent to an activating group) is 1. The van der Waals surface area contributed by atoms with Gasteiger partial charge >= 0.3 is 5.97 Å². The molecule has 0 aromatic heterocycles. The van der Waals surface area contributed by atoms with E-state index in [0.29, 0.717) is 0 Å². The third-order valence-electron chi connectivity index (χ3n) is 2.49. The van der Waals surface area contributed by atoms with Gasteiger partial charge in [-0.15, -0.1) is 0 Å². The van der Waals surface area contributed by atoms with Crippen LogP contribution >= 0.6 is 0 Å². The maximum atomic E-state index is 11.3. The van der Waals surface area contributed by atoms with Crippen molar-refractivity contribution in [2.24, 2.45) is 0 Å². The largest absolute Gasteiger partial charge is 0.468 e. The summed E-state index contributed by atoms with van der Waals surface area (Å²) in [6.45, 7) is 4.07. The topological polar surface area (TPSA) is 29.5 Å². The molecule has 70 valence electrons. The maximum absolute atomic E-state index is 11.3.